The molecule has 0 bridgehead atoms. The van der Waals surface area contributed by atoms with E-state index in [0.717, 1.165) is 11.3 Å². The van der Waals surface area contributed by atoms with Crippen molar-refractivity contribution in [3.63, 3.8) is 0 Å². The Morgan fingerprint density at radius 2 is 1.96 bits per heavy atom. The molecule has 2 aromatic carbocycles. The highest BCUT2D eigenvalue weighted by Gasteiger charge is 2.09. The van der Waals surface area contributed by atoms with E-state index in [9.17, 15) is 4.39 Å². The highest BCUT2D eigenvalue weighted by Crippen LogP contribution is 2.17. The van der Waals surface area contributed by atoms with Gasteiger partial charge < -0.3 is 19.9 Å². The minimum atomic E-state index is -0.368. The monoisotopic (exact) mass is 381 g/mol. The lowest BCUT2D eigenvalue weighted by molar-refractivity contribution is 0.214. The van der Waals surface area contributed by atoms with Gasteiger partial charge in [0.05, 0.1) is 18.6 Å². The average molecular weight is 381 g/mol. The molecule has 0 saturated carbocycles. The van der Waals surface area contributed by atoms with Crippen LogP contribution in [0.1, 0.15) is 12.5 Å². The van der Waals surface area contributed by atoms with E-state index in [0.29, 0.717) is 19.0 Å². The highest BCUT2D eigenvalue weighted by molar-refractivity contribution is 5.79. The van der Waals surface area contributed by atoms with Gasteiger partial charge >= 0.3 is 0 Å². The summed E-state index contributed by atoms with van der Waals surface area (Å²) in [5.41, 5.74) is 2.17. The summed E-state index contributed by atoms with van der Waals surface area (Å²) in [6.45, 7) is 2.95. The van der Waals surface area contributed by atoms with E-state index in [2.05, 4.69) is 26.7 Å². The van der Waals surface area contributed by atoms with E-state index in [1.165, 1.54) is 6.07 Å². The first kappa shape index (κ1) is 19.4. The number of aliphatic imine (C=N–C) groups is 1. The van der Waals surface area contributed by atoms with Crippen molar-refractivity contribution in [2.24, 2.45) is 4.99 Å². The summed E-state index contributed by atoms with van der Waals surface area (Å²) < 4.78 is 21.3. The van der Waals surface area contributed by atoms with Crippen molar-refractivity contribution < 1.29 is 9.13 Å². The Hall–Kier alpha value is -3.35. The SMILES string of the molecule is CN=C(NCc1ccccc1-n1ccnc1)NCC(C)Oc1ccccc1F. The number of guanidine groups is 1. The number of nitrogens with zero attached hydrogens (tertiary/aromatic N) is 3. The van der Waals surface area contributed by atoms with Gasteiger partial charge in [-0.2, -0.15) is 0 Å². The summed E-state index contributed by atoms with van der Waals surface area (Å²) in [4.78, 5) is 8.34. The van der Waals surface area contributed by atoms with Gasteiger partial charge in [0, 0.05) is 26.0 Å². The Kier molecular flexibility index (Phi) is 6.62. The first-order valence-electron chi connectivity index (χ1n) is 9.09. The third-order valence-corrected chi connectivity index (χ3v) is 4.17. The summed E-state index contributed by atoms with van der Waals surface area (Å²) in [6, 6.07) is 14.5. The molecule has 28 heavy (non-hydrogen) atoms. The predicted molar refractivity (Wildman–Crippen MR) is 108 cm³/mol. The molecule has 0 aliphatic rings. The molecule has 1 aromatic heterocycles. The lowest BCUT2D eigenvalue weighted by Gasteiger charge is -2.18. The van der Waals surface area contributed by atoms with Gasteiger partial charge in [-0.3, -0.25) is 4.99 Å². The van der Waals surface area contributed by atoms with Crippen LogP contribution in [0.15, 0.2) is 72.2 Å². The fourth-order valence-electron chi connectivity index (χ4n) is 2.75. The topological polar surface area (TPSA) is 63.5 Å². The van der Waals surface area contributed by atoms with E-state index in [4.69, 9.17) is 4.74 Å². The zero-order chi connectivity index (χ0) is 19.8. The minimum Gasteiger partial charge on any atom is -0.486 e. The number of halogens is 1. The summed E-state index contributed by atoms with van der Waals surface area (Å²) in [5.74, 6) is 0.520. The molecular weight excluding hydrogens is 357 g/mol. The van der Waals surface area contributed by atoms with E-state index < -0.39 is 0 Å². The van der Waals surface area contributed by atoms with E-state index >= 15 is 0 Å². The Bertz CT molecular complexity index is 911. The molecule has 0 radical (unpaired) electrons. The molecule has 7 heteroatoms. The van der Waals surface area contributed by atoms with Crippen molar-refractivity contribution in [2.45, 2.75) is 19.6 Å². The van der Waals surface area contributed by atoms with Gasteiger partial charge in [0.15, 0.2) is 17.5 Å². The van der Waals surface area contributed by atoms with Crippen molar-refractivity contribution in [1.29, 1.82) is 0 Å². The Labute approximate surface area is 164 Å². The second kappa shape index (κ2) is 9.55. The molecule has 0 aliphatic carbocycles. The van der Waals surface area contributed by atoms with Crippen LogP contribution in [0.3, 0.4) is 0 Å². The van der Waals surface area contributed by atoms with Crippen molar-refractivity contribution >= 4 is 5.96 Å². The summed E-state index contributed by atoms with van der Waals surface area (Å²) >= 11 is 0. The van der Waals surface area contributed by atoms with Gasteiger partial charge in [-0.25, -0.2) is 9.37 Å². The lowest BCUT2D eigenvalue weighted by atomic mass is 10.1. The zero-order valence-corrected chi connectivity index (χ0v) is 16.0. The van der Waals surface area contributed by atoms with Gasteiger partial charge in [0.2, 0.25) is 0 Å². The molecule has 2 N–H and O–H groups in total. The first-order chi connectivity index (χ1) is 13.7. The van der Waals surface area contributed by atoms with Crippen LogP contribution < -0.4 is 15.4 Å². The molecule has 6 nitrogen and oxygen atoms in total. The van der Waals surface area contributed by atoms with Crippen LogP contribution in [-0.2, 0) is 6.54 Å². The number of nitrogens with one attached hydrogen (secondary N) is 2. The highest BCUT2D eigenvalue weighted by atomic mass is 19.1. The van der Waals surface area contributed by atoms with Gasteiger partial charge in [0.1, 0.15) is 6.10 Å². The zero-order valence-electron chi connectivity index (χ0n) is 16.0. The molecule has 0 aliphatic heterocycles. The van der Waals surface area contributed by atoms with Crippen molar-refractivity contribution in [3.05, 3.63) is 78.6 Å². The first-order valence-corrected chi connectivity index (χ1v) is 9.09. The van der Waals surface area contributed by atoms with Crippen LogP contribution in [-0.4, -0.2) is 35.2 Å². The van der Waals surface area contributed by atoms with E-state index in [-0.39, 0.29) is 17.7 Å². The van der Waals surface area contributed by atoms with Gasteiger partial charge in [-0.15, -0.1) is 0 Å². The summed E-state index contributed by atoms with van der Waals surface area (Å²) in [5, 5.41) is 6.50. The maximum Gasteiger partial charge on any atom is 0.191 e. The number of ether oxygens (including phenoxy) is 1. The maximum atomic E-state index is 13.7. The fourth-order valence-corrected chi connectivity index (χ4v) is 2.75. The number of rotatable bonds is 7. The van der Waals surface area contributed by atoms with Crippen LogP contribution in [0.2, 0.25) is 0 Å². The van der Waals surface area contributed by atoms with Crippen LogP contribution in [0.25, 0.3) is 5.69 Å². The van der Waals surface area contributed by atoms with Gasteiger partial charge in [-0.1, -0.05) is 30.3 Å². The van der Waals surface area contributed by atoms with E-state index in [1.54, 1.807) is 37.8 Å². The molecule has 3 rings (SSSR count). The Balaban J connectivity index is 1.54. The van der Waals surface area contributed by atoms with Crippen LogP contribution in [0.4, 0.5) is 4.39 Å². The second-order valence-corrected chi connectivity index (χ2v) is 6.26. The van der Waals surface area contributed by atoms with Crippen LogP contribution >= 0.6 is 0 Å². The lowest BCUT2D eigenvalue weighted by Crippen LogP contribution is -2.41. The van der Waals surface area contributed by atoms with Gasteiger partial charge in [-0.05, 0) is 30.7 Å². The predicted octanol–water partition coefficient (Wildman–Crippen LogP) is 3.14. The quantitative estimate of drug-likeness (QED) is 0.488. The number of hydrogen-bond acceptors (Lipinski definition) is 3. The standard InChI is InChI=1S/C21H24FN5O/c1-16(28-20-10-6-4-8-18(20)22)13-25-21(23-2)26-14-17-7-3-5-9-19(17)27-12-11-24-15-27/h3-12,15-16H,13-14H2,1-2H3,(H2,23,25,26). The maximum absolute atomic E-state index is 13.7. The minimum absolute atomic E-state index is 0.228. The largest absolute Gasteiger partial charge is 0.486 e. The molecule has 0 fully saturated rings. The van der Waals surface area contributed by atoms with E-state index in [1.807, 2.05) is 35.9 Å². The van der Waals surface area contributed by atoms with Crippen molar-refractivity contribution in [2.75, 3.05) is 13.6 Å². The van der Waals surface area contributed by atoms with Crippen LogP contribution in [0.5, 0.6) is 5.75 Å². The molecule has 0 saturated heterocycles. The molecule has 1 heterocycles. The number of benzene rings is 2. The molecule has 0 amide bonds. The smallest absolute Gasteiger partial charge is 0.191 e. The van der Waals surface area contributed by atoms with Crippen molar-refractivity contribution in [3.8, 4) is 11.4 Å². The van der Waals surface area contributed by atoms with Crippen molar-refractivity contribution in [1.82, 2.24) is 20.2 Å². The number of para-hydroxylation sites is 2. The molecule has 3 aromatic rings. The van der Waals surface area contributed by atoms with Crippen LogP contribution in [0, 0.1) is 5.82 Å². The third-order valence-electron chi connectivity index (χ3n) is 4.17. The Morgan fingerprint density at radius 1 is 1.18 bits per heavy atom. The molecule has 1 atom stereocenters. The summed E-state index contributed by atoms with van der Waals surface area (Å²) in [7, 11) is 1.71. The second-order valence-electron chi connectivity index (χ2n) is 6.26. The molecule has 0 spiro atoms. The summed E-state index contributed by atoms with van der Waals surface area (Å²) in [6.07, 6.45) is 5.21. The molecule has 1 unspecified atom stereocenters. The number of hydrogen-bond donors (Lipinski definition) is 2. The number of imidazole rings is 1. The normalized spacial score (nSPS) is 12.5. The van der Waals surface area contributed by atoms with Gasteiger partial charge in [0.25, 0.3) is 0 Å². The average Bonchev–Trinajstić information content (AvgIpc) is 3.25. The fraction of sp³-hybridized carbons (Fsp3) is 0.238. The molecule has 146 valence electrons. The Morgan fingerprint density at radius 3 is 2.71 bits per heavy atom. The molecular formula is C21H24FN5O. The number of aromatic nitrogens is 2. The third kappa shape index (κ3) is 5.09.